The van der Waals surface area contributed by atoms with Gasteiger partial charge < -0.3 is 9.72 Å². The standard InChI is InChI=1S/C19H17N3O/c1-2-7-14(8-3-1)21-22-19-15-9-4-5-11-18(15)23-13-16(19)17-10-6-12-20-17/h1-12,16,20-21H,13H2. The van der Waals surface area contributed by atoms with Crippen LogP contribution in [0, 0.1) is 0 Å². The van der Waals surface area contributed by atoms with Gasteiger partial charge in [-0.3, -0.25) is 5.43 Å². The smallest absolute Gasteiger partial charge is 0.128 e. The number of anilines is 1. The molecular weight excluding hydrogens is 286 g/mol. The number of hydrogen-bond donors (Lipinski definition) is 2. The van der Waals surface area contributed by atoms with E-state index in [1.807, 2.05) is 60.8 Å². The SMILES string of the molecule is c1ccc(NN=C2c3ccccc3OCC2c2ccc[nH]2)cc1. The third-order valence-electron chi connectivity index (χ3n) is 3.98. The minimum absolute atomic E-state index is 0.0797. The lowest BCUT2D eigenvalue weighted by molar-refractivity contribution is 0.301. The quantitative estimate of drug-likeness (QED) is 0.718. The van der Waals surface area contributed by atoms with Gasteiger partial charge in [-0.25, -0.2) is 0 Å². The third-order valence-corrected chi connectivity index (χ3v) is 3.98. The van der Waals surface area contributed by atoms with E-state index in [1.165, 1.54) is 0 Å². The Morgan fingerprint density at radius 3 is 2.61 bits per heavy atom. The topological polar surface area (TPSA) is 49.4 Å². The van der Waals surface area contributed by atoms with Crippen LogP contribution in [0.2, 0.25) is 0 Å². The van der Waals surface area contributed by atoms with Crippen LogP contribution in [-0.4, -0.2) is 17.3 Å². The molecule has 114 valence electrons. The van der Waals surface area contributed by atoms with E-state index in [0.717, 1.165) is 28.4 Å². The van der Waals surface area contributed by atoms with E-state index >= 15 is 0 Å². The molecule has 1 aliphatic heterocycles. The van der Waals surface area contributed by atoms with Crippen LogP contribution in [-0.2, 0) is 0 Å². The summed E-state index contributed by atoms with van der Waals surface area (Å²) in [5.41, 5.74) is 7.25. The van der Waals surface area contributed by atoms with E-state index < -0.39 is 0 Å². The van der Waals surface area contributed by atoms with Gasteiger partial charge in [0.1, 0.15) is 12.4 Å². The van der Waals surface area contributed by atoms with Gasteiger partial charge in [0, 0.05) is 17.5 Å². The Hall–Kier alpha value is -3.01. The summed E-state index contributed by atoms with van der Waals surface area (Å²) < 4.78 is 5.91. The van der Waals surface area contributed by atoms with Crippen molar-refractivity contribution in [2.24, 2.45) is 5.10 Å². The Kier molecular flexibility index (Phi) is 3.56. The van der Waals surface area contributed by atoms with E-state index in [4.69, 9.17) is 9.84 Å². The molecule has 2 heterocycles. The number of ether oxygens (including phenoxy) is 1. The predicted molar refractivity (Wildman–Crippen MR) is 92.1 cm³/mol. The molecule has 2 aromatic carbocycles. The molecule has 1 aliphatic rings. The number of benzene rings is 2. The fourth-order valence-corrected chi connectivity index (χ4v) is 2.82. The van der Waals surface area contributed by atoms with Crippen LogP contribution in [0.5, 0.6) is 5.75 Å². The van der Waals surface area contributed by atoms with Crippen LogP contribution in [0.15, 0.2) is 78.0 Å². The monoisotopic (exact) mass is 303 g/mol. The second-order valence-electron chi connectivity index (χ2n) is 5.46. The second kappa shape index (κ2) is 6.01. The largest absolute Gasteiger partial charge is 0.492 e. The molecule has 4 nitrogen and oxygen atoms in total. The van der Waals surface area contributed by atoms with Gasteiger partial charge in [-0.1, -0.05) is 30.3 Å². The molecule has 0 spiro atoms. The van der Waals surface area contributed by atoms with Crippen molar-refractivity contribution in [3.05, 3.63) is 84.2 Å². The molecular formula is C19H17N3O. The minimum atomic E-state index is 0.0797. The van der Waals surface area contributed by atoms with E-state index in [9.17, 15) is 0 Å². The lowest BCUT2D eigenvalue weighted by atomic mass is 9.91. The fourth-order valence-electron chi connectivity index (χ4n) is 2.82. The zero-order valence-electron chi connectivity index (χ0n) is 12.6. The second-order valence-corrected chi connectivity index (χ2v) is 5.46. The van der Waals surface area contributed by atoms with Gasteiger partial charge in [0.2, 0.25) is 0 Å². The van der Waals surface area contributed by atoms with E-state index in [2.05, 4.69) is 22.5 Å². The Balaban J connectivity index is 1.74. The number of hydrazone groups is 1. The number of fused-ring (bicyclic) bond motifs is 1. The Labute approximate surface area is 134 Å². The first kappa shape index (κ1) is 13.6. The molecule has 0 radical (unpaired) electrons. The van der Waals surface area contributed by atoms with Gasteiger partial charge in [0.15, 0.2) is 0 Å². The maximum atomic E-state index is 5.91. The molecule has 4 rings (SSSR count). The van der Waals surface area contributed by atoms with Crippen molar-refractivity contribution in [2.75, 3.05) is 12.0 Å². The van der Waals surface area contributed by atoms with Crippen LogP contribution >= 0.6 is 0 Å². The highest BCUT2D eigenvalue weighted by Gasteiger charge is 2.28. The van der Waals surface area contributed by atoms with Crippen molar-refractivity contribution < 1.29 is 4.74 Å². The van der Waals surface area contributed by atoms with E-state index in [1.54, 1.807) is 0 Å². The minimum Gasteiger partial charge on any atom is -0.492 e. The molecule has 0 bridgehead atoms. The van der Waals surface area contributed by atoms with Gasteiger partial charge in [0.25, 0.3) is 0 Å². The molecule has 1 atom stereocenters. The fraction of sp³-hybridized carbons (Fsp3) is 0.105. The summed E-state index contributed by atoms with van der Waals surface area (Å²) in [5, 5.41) is 4.70. The van der Waals surface area contributed by atoms with E-state index in [-0.39, 0.29) is 5.92 Å². The molecule has 0 aliphatic carbocycles. The molecule has 23 heavy (non-hydrogen) atoms. The Bertz CT molecular complexity index is 810. The maximum Gasteiger partial charge on any atom is 0.128 e. The number of para-hydroxylation sites is 2. The highest BCUT2D eigenvalue weighted by molar-refractivity contribution is 6.08. The Morgan fingerprint density at radius 1 is 0.957 bits per heavy atom. The molecule has 1 aromatic heterocycles. The summed E-state index contributed by atoms with van der Waals surface area (Å²) in [7, 11) is 0. The molecule has 4 heteroatoms. The average molecular weight is 303 g/mol. The van der Waals surface area contributed by atoms with Crippen molar-refractivity contribution in [3.8, 4) is 5.75 Å². The highest BCUT2D eigenvalue weighted by atomic mass is 16.5. The number of hydrogen-bond acceptors (Lipinski definition) is 3. The lowest BCUT2D eigenvalue weighted by Gasteiger charge is -2.26. The van der Waals surface area contributed by atoms with Crippen molar-refractivity contribution in [1.82, 2.24) is 4.98 Å². The molecule has 0 saturated carbocycles. The number of nitrogens with one attached hydrogen (secondary N) is 2. The van der Waals surface area contributed by atoms with Crippen molar-refractivity contribution in [2.45, 2.75) is 5.92 Å². The van der Waals surface area contributed by atoms with Crippen molar-refractivity contribution in [1.29, 1.82) is 0 Å². The van der Waals surface area contributed by atoms with Crippen LogP contribution in [0.4, 0.5) is 5.69 Å². The first-order chi connectivity index (χ1) is 11.4. The molecule has 1 unspecified atom stereocenters. The van der Waals surface area contributed by atoms with Crippen molar-refractivity contribution >= 4 is 11.4 Å². The van der Waals surface area contributed by atoms with Gasteiger partial charge in [-0.15, -0.1) is 0 Å². The first-order valence-corrected chi connectivity index (χ1v) is 7.66. The van der Waals surface area contributed by atoms with Crippen LogP contribution in [0.3, 0.4) is 0 Å². The molecule has 0 fully saturated rings. The number of H-pyrrole nitrogens is 1. The van der Waals surface area contributed by atoms with Crippen LogP contribution < -0.4 is 10.2 Å². The number of nitrogens with zero attached hydrogens (tertiary/aromatic N) is 1. The van der Waals surface area contributed by atoms with Crippen molar-refractivity contribution in [3.63, 3.8) is 0 Å². The van der Waals surface area contributed by atoms with Gasteiger partial charge >= 0.3 is 0 Å². The zero-order chi connectivity index (χ0) is 15.5. The van der Waals surface area contributed by atoms with Crippen LogP contribution in [0.25, 0.3) is 0 Å². The van der Waals surface area contributed by atoms with Gasteiger partial charge in [-0.2, -0.15) is 5.10 Å². The summed E-state index contributed by atoms with van der Waals surface area (Å²) in [4.78, 5) is 3.28. The summed E-state index contributed by atoms with van der Waals surface area (Å²) in [6.45, 7) is 0.576. The van der Waals surface area contributed by atoms with Crippen LogP contribution in [0.1, 0.15) is 17.2 Å². The number of aromatic amines is 1. The predicted octanol–water partition coefficient (Wildman–Crippen LogP) is 4.01. The molecule has 2 N–H and O–H groups in total. The Morgan fingerprint density at radius 2 is 1.78 bits per heavy atom. The molecule has 0 amide bonds. The summed E-state index contributed by atoms with van der Waals surface area (Å²) in [6.07, 6.45) is 1.93. The summed E-state index contributed by atoms with van der Waals surface area (Å²) in [6, 6.07) is 22.1. The zero-order valence-corrected chi connectivity index (χ0v) is 12.6. The van der Waals surface area contributed by atoms with E-state index in [0.29, 0.717) is 6.61 Å². The first-order valence-electron chi connectivity index (χ1n) is 7.66. The highest BCUT2D eigenvalue weighted by Crippen LogP contribution is 2.32. The van der Waals surface area contributed by atoms with Gasteiger partial charge in [-0.05, 0) is 36.4 Å². The normalized spacial score (nSPS) is 18.3. The molecule has 3 aromatic rings. The van der Waals surface area contributed by atoms with Gasteiger partial charge in [0.05, 0.1) is 17.3 Å². The molecule has 0 saturated heterocycles. The number of aromatic nitrogens is 1. The summed E-state index contributed by atoms with van der Waals surface area (Å²) >= 11 is 0. The average Bonchev–Trinajstić information content (AvgIpc) is 3.15. The lowest BCUT2D eigenvalue weighted by Crippen LogP contribution is -2.27. The third kappa shape index (κ3) is 2.71. The maximum absolute atomic E-state index is 5.91. The number of rotatable bonds is 3. The summed E-state index contributed by atoms with van der Waals surface area (Å²) in [5.74, 6) is 0.958.